The van der Waals surface area contributed by atoms with Crippen molar-refractivity contribution in [2.24, 2.45) is 0 Å². The summed E-state index contributed by atoms with van der Waals surface area (Å²) in [6.45, 7) is 5.31. The molecule has 0 aromatic rings. The summed E-state index contributed by atoms with van der Waals surface area (Å²) in [5, 5.41) is 0. The first-order chi connectivity index (χ1) is 11.2. The quantitative estimate of drug-likeness (QED) is 0.145. The Kier molecular flexibility index (Phi) is 14.5. The molecule has 23 heavy (non-hydrogen) atoms. The monoisotopic (exact) mass is 314 g/mol. The van der Waals surface area contributed by atoms with Crippen LogP contribution >= 0.6 is 0 Å². The number of unbranched alkanes of at least 4 members (excludes halogenated alkanes) is 6. The Labute approximate surface area is 140 Å². The van der Waals surface area contributed by atoms with E-state index < -0.39 is 0 Å². The van der Waals surface area contributed by atoms with Gasteiger partial charge in [-0.15, -0.1) is 0 Å². The Morgan fingerprint density at radius 1 is 1.00 bits per heavy atom. The SMILES string of the molecule is C=CC(=O)C#CC#CCC=CCCCCCCCCOC(C)=O. The van der Waals surface area contributed by atoms with Crippen LogP contribution in [0.25, 0.3) is 0 Å². The Morgan fingerprint density at radius 2 is 1.70 bits per heavy atom. The molecule has 124 valence electrons. The Bertz CT molecular complexity index is 506. The van der Waals surface area contributed by atoms with Gasteiger partial charge in [0.25, 0.3) is 0 Å². The number of esters is 1. The Balaban J connectivity index is 3.39. The molecule has 0 rings (SSSR count). The standard InChI is InChI=1S/C20H26O3/c1-3-20(22)17-15-13-11-9-7-5-4-6-8-10-12-14-16-18-23-19(2)21/h3,5,7H,1,4,6,8-10,12,14,16,18H2,2H3. The van der Waals surface area contributed by atoms with Crippen molar-refractivity contribution in [2.75, 3.05) is 6.61 Å². The van der Waals surface area contributed by atoms with Crippen LogP contribution in [-0.2, 0) is 14.3 Å². The largest absolute Gasteiger partial charge is 0.466 e. The molecule has 0 saturated heterocycles. The lowest BCUT2D eigenvalue weighted by atomic mass is 10.1. The van der Waals surface area contributed by atoms with Crippen molar-refractivity contribution in [3.05, 3.63) is 24.8 Å². The van der Waals surface area contributed by atoms with Gasteiger partial charge >= 0.3 is 5.97 Å². The van der Waals surface area contributed by atoms with E-state index in [1.165, 1.54) is 38.7 Å². The van der Waals surface area contributed by atoms with Crippen LogP contribution in [0, 0.1) is 23.7 Å². The predicted molar refractivity (Wildman–Crippen MR) is 93.5 cm³/mol. The third kappa shape index (κ3) is 17.7. The molecule has 0 aromatic carbocycles. The molecule has 0 aromatic heterocycles. The zero-order valence-electron chi connectivity index (χ0n) is 14.0. The van der Waals surface area contributed by atoms with E-state index in [1.54, 1.807) is 0 Å². The van der Waals surface area contributed by atoms with E-state index in [9.17, 15) is 9.59 Å². The maximum Gasteiger partial charge on any atom is 0.302 e. The second kappa shape index (κ2) is 16.1. The fourth-order valence-electron chi connectivity index (χ4n) is 1.79. The lowest BCUT2D eigenvalue weighted by Gasteiger charge is -2.01. The summed E-state index contributed by atoms with van der Waals surface area (Å²) in [5.41, 5.74) is 0. The van der Waals surface area contributed by atoms with Gasteiger partial charge in [0.15, 0.2) is 0 Å². The summed E-state index contributed by atoms with van der Waals surface area (Å²) in [4.78, 5) is 21.3. The first kappa shape index (κ1) is 20.7. The Morgan fingerprint density at radius 3 is 2.39 bits per heavy atom. The van der Waals surface area contributed by atoms with Gasteiger partial charge in [0, 0.05) is 13.3 Å². The maximum atomic E-state index is 10.8. The number of hydrogen-bond acceptors (Lipinski definition) is 3. The first-order valence-electron chi connectivity index (χ1n) is 8.10. The van der Waals surface area contributed by atoms with Crippen LogP contribution < -0.4 is 0 Å². The number of hydrogen-bond donors (Lipinski definition) is 0. The average Bonchev–Trinajstić information content (AvgIpc) is 2.53. The highest BCUT2D eigenvalue weighted by Gasteiger charge is 1.93. The molecule has 0 unspecified atom stereocenters. The van der Waals surface area contributed by atoms with Crippen LogP contribution in [0.3, 0.4) is 0 Å². The summed E-state index contributed by atoms with van der Waals surface area (Å²) in [6, 6.07) is 0. The van der Waals surface area contributed by atoms with Crippen molar-refractivity contribution in [2.45, 2.75) is 58.3 Å². The normalized spacial score (nSPS) is 9.43. The summed E-state index contributed by atoms with van der Waals surface area (Å²) < 4.78 is 4.88. The van der Waals surface area contributed by atoms with E-state index in [1.807, 2.05) is 6.08 Å². The van der Waals surface area contributed by atoms with E-state index in [2.05, 4.69) is 36.3 Å². The highest BCUT2D eigenvalue weighted by atomic mass is 16.5. The minimum atomic E-state index is -0.304. The van der Waals surface area contributed by atoms with Crippen LogP contribution in [0.4, 0.5) is 0 Å². The van der Waals surface area contributed by atoms with Crippen molar-refractivity contribution in [1.82, 2.24) is 0 Å². The molecule has 0 aliphatic rings. The third-order valence-electron chi connectivity index (χ3n) is 2.98. The molecule has 0 fully saturated rings. The Hall–Kier alpha value is -2.26. The summed E-state index contributed by atoms with van der Waals surface area (Å²) in [7, 11) is 0. The van der Waals surface area contributed by atoms with Crippen LogP contribution in [0.2, 0.25) is 0 Å². The molecular weight excluding hydrogens is 288 g/mol. The summed E-state index contributed by atoms with van der Waals surface area (Å²) >= 11 is 0. The second-order valence-electron chi connectivity index (χ2n) is 5.05. The number of ether oxygens (including phenoxy) is 1. The minimum Gasteiger partial charge on any atom is -0.466 e. The molecule has 0 spiro atoms. The highest BCUT2D eigenvalue weighted by Crippen LogP contribution is 2.07. The fourth-order valence-corrected chi connectivity index (χ4v) is 1.79. The molecule has 0 amide bonds. The number of carbonyl (C=O) groups excluding carboxylic acids is 2. The molecule has 0 bridgehead atoms. The van der Waals surface area contributed by atoms with Gasteiger partial charge in [-0.25, -0.2) is 0 Å². The molecule has 0 saturated carbocycles. The topological polar surface area (TPSA) is 43.4 Å². The molecule has 0 N–H and O–H groups in total. The van der Waals surface area contributed by atoms with Gasteiger partial charge in [-0.3, -0.25) is 9.59 Å². The van der Waals surface area contributed by atoms with Crippen molar-refractivity contribution < 1.29 is 14.3 Å². The minimum absolute atomic E-state index is 0.196. The van der Waals surface area contributed by atoms with Gasteiger partial charge in [-0.2, -0.15) is 0 Å². The third-order valence-corrected chi connectivity index (χ3v) is 2.98. The van der Waals surface area contributed by atoms with Gasteiger partial charge in [-0.05, 0) is 43.1 Å². The second-order valence-corrected chi connectivity index (χ2v) is 5.05. The van der Waals surface area contributed by atoms with Crippen molar-refractivity contribution >= 4 is 11.8 Å². The van der Waals surface area contributed by atoms with Gasteiger partial charge in [0.2, 0.25) is 5.78 Å². The number of ketones is 1. The summed E-state index contributed by atoms with van der Waals surface area (Å²) in [5.74, 6) is 9.84. The van der Waals surface area contributed by atoms with E-state index in [-0.39, 0.29) is 11.8 Å². The number of allylic oxidation sites excluding steroid dienone is 3. The van der Waals surface area contributed by atoms with Crippen molar-refractivity contribution in [3.8, 4) is 23.7 Å². The molecule has 0 aliphatic carbocycles. The van der Waals surface area contributed by atoms with Crippen LogP contribution in [0.15, 0.2) is 24.8 Å². The lowest BCUT2D eigenvalue weighted by molar-refractivity contribution is -0.141. The van der Waals surface area contributed by atoms with Crippen molar-refractivity contribution in [1.29, 1.82) is 0 Å². The number of carbonyl (C=O) groups is 2. The predicted octanol–water partition coefficient (Wildman–Crippen LogP) is 3.99. The van der Waals surface area contributed by atoms with E-state index in [0.29, 0.717) is 13.0 Å². The smallest absolute Gasteiger partial charge is 0.302 e. The molecule has 0 heterocycles. The first-order valence-corrected chi connectivity index (χ1v) is 8.10. The molecule has 0 radical (unpaired) electrons. The molecule has 0 aliphatic heterocycles. The van der Waals surface area contributed by atoms with E-state index in [0.717, 1.165) is 19.3 Å². The van der Waals surface area contributed by atoms with Crippen LogP contribution in [0.5, 0.6) is 0 Å². The average molecular weight is 314 g/mol. The fraction of sp³-hybridized carbons (Fsp3) is 0.500. The number of rotatable bonds is 11. The van der Waals surface area contributed by atoms with E-state index >= 15 is 0 Å². The van der Waals surface area contributed by atoms with Crippen LogP contribution in [-0.4, -0.2) is 18.4 Å². The van der Waals surface area contributed by atoms with Gasteiger partial charge in [0.05, 0.1) is 6.61 Å². The van der Waals surface area contributed by atoms with Gasteiger partial charge in [0.1, 0.15) is 0 Å². The maximum absolute atomic E-state index is 10.8. The van der Waals surface area contributed by atoms with E-state index in [4.69, 9.17) is 4.74 Å². The highest BCUT2D eigenvalue weighted by molar-refractivity contribution is 6.04. The molecular formula is C20H26O3. The molecule has 3 nitrogen and oxygen atoms in total. The molecule has 0 atom stereocenters. The van der Waals surface area contributed by atoms with Gasteiger partial charge < -0.3 is 4.74 Å². The van der Waals surface area contributed by atoms with Crippen molar-refractivity contribution in [3.63, 3.8) is 0 Å². The molecule has 3 heteroatoms. The lowest BCUT2D eigenvalue weighted by Crippen LogP contribution is -1.99. The summed E-state index contributed by atoms with van der Waals surface area (Å²) in [6.07, 6.45) is 14.0. The zero-order valence-corrected chi connectivity index (χ0v) is 14.0. The van der Waals surface area contributed by atoms with Crippen LogP contribution in [0.1, 0.15) is 58.3 Å². The van der Waals surface area contributed by atoms with Gasteiger partial charge in [-0.1, -0.05) is 50.3 Å². The zero-order chi connectivity index (χ0) is 17.2.